The molecule has 0 spiro atoms. The lowest BCUT2D eigenvalue weighted by Crippen LogP contribution is -2.50. The van der Waals surface area contributed by atoms with Crippen LogP contribution in [0.15, 0.2) is 24.3 Å². The third-order valence-corrected chi connectivity index (χ3v) is 4.32. The van der Waals surface area contributed by atoms with Crippen molar-refractivity contribution in [2.24, 2.45) is 0 Å². The number of carbonyl (C=O) groups is 1. The SMILES string of the molecule is COCCNC(=O)CN1CCN(CCc2ccc([N+](=O)[O-])cc2)CC1. The second-order valence-corrected chi connectivity index (χ2v) is 6.13. The fourth-order valence-corrected chi connectivity index (χ4v) is 2.79. The van der Waals surface area contributed by atoms with Crippen LogP contribution in [-0.2, 0) is 16.0 Å². The van der Waals surface area contributed by atoms with E-state index in [2.05, 4.69) is 15.1 Å². The molecule has 1 fully saturated rings. The van der Waals surface area contributed by atoms with Crippen LogP contribution in [0.25, 0.3) is 0 Å². The summed E-state index contributed by atoms with van der Waals surface area (Å²) in [5, 5.41) is 13.5. The number of rotatable bonds is 9. The molecule has 0 saturated carbocycles. The summed E-state index contributed by atoms with van der Waals surface area (Å²) in [5.41, 5.74) is 1.23. The highest BCUT2D eigenvalue weighted by Crippen LogP contribution is 2.13. The molecular weight excluding hydrogens is 324 g/mol. The summed E-state index contributed by atoms with van der Waals surface area (Å²) in [6.07, 6.45) is 0.871. The summed E-state index contributed by atoms with van der Waals surface area (Å²) in [5.74, 6) is 0.0383. The summed E-state index contributed by atoms with van der Waals surface area (Å²) in [4.78, 5) is 26.6. The predicted octanol–water partition coefficient (Wildman–Crippen LogP) is 0.518. The van der Waals surface area contributed by atoms with Gasteiger partial charge in [-0.1, -0.05) is 12.1 Å². The number of nitro benzene ring substituents is 1. The van der Waals surface area contributed by atoms with Gasteiger partial charge in [-0.3, -0.25) is 19.8 Å². The number of ether oxygens (including phenoxy) is 1. The fourth-order valence-electron chi connectivity index (χ4n) is 2.79. The number of methoxy groups -OCH3 is 1. The van der Waals surface area contributed by atoms with Crippen LogP contribution >= 0.6 is 0 Å². The van der Waals surface area contributed by atoms with Crippen LogP contribution in [0, 0.1) is 10.1 Å². The number of hydrogen-bond acceptors (Lipinski definition) is 6. The van der Waals surface area contributed by atoms with E-state index in [-0.39, 0.29) is 16.5 Å². The lowest BCUT2D eigenvalue weighted by atomic mass is 10.1. The molecule has 0 radical (unpaired) electrons. The molecule has 1 N–H and O–H groups in total. The first-order chi connectivity index (χ1) is 12.1. The van der Waals surface area contributed by atoms with E-state index in [4.69, 9.17) is 4.74 Å². The Morgan fingerprint density at radius 1 is 1.20 bits per heavy atom. The third-order valence-electron chi connectivity index (χ3n) is 4.32. The molecule has 1 amide bonds. The molecule has 138 valence electrons. The maximum atomic E-state index is 11.8. The molecule has 1 aromatic carbocycles. The van der Waals surface area contributed by atoms with E-state index in [1.54, 1.807) is 19.2 Å². The first-order valence-corrected chi connectivity index (χ1v) is 8.52. The maximum Gasteiger partial charge on any atom is 0.269 e. The lowest BCUT2D eigenvalue weighted by molar-refractivity contribution is -0.384. The Hall–Kier alpha value is -2.03. The van der Waals surface area contributed by atoms with Gasteiger partial charge in [0.2, 0.25) is 5.91 Å². The molecular formula is C17H26N4O4. The smallest absolute Gasteiger partial charge is 0.269 e. The summed E-state index contributed by atoms with van der Waals surface area (Å²) < 4.78 is 4.91. The van der Waals surface area contributed by atoms with Gasteiger partial charge in [-0.25, -0.2) is 0 Å². The van der Waals surface area contributed by atoms with E-state index in [0.717, 1.165) is 44.7 Å². The van der Waals surface area contributed by atoms with Gasteiger partial charge in [0.05, 0.1) is 18.1 Å². The van der Waals surface area contributed by atoms with Crippen LogP contribution in [0.2, 0.25) is 0 Å². The molecule has 2 rings (SSSR count). The molecule has 0 atom stereocenters. The molecule has 1 aromatic rings. The van der Waals surface area contributed by atoms with Crippen molar-refractivity contribution in [3.63, 3.8) is 0 Å². The van der Waals surface area contributed by atoms with Gasteiger partial charge in [-0.2, -0.15) is 0 Å². The Bertz CT molecular complexity index is 556. The highest BCUT2D eigenvalue weighted by atomic mass is 16.6. The Labute approximate surface area is 147 Å². The molecule has 1 aliphatic heterocycles. The predicted molar refractivity (Wildman–Crippen MR) is 94.6 cm³/mol. The number of hydrogen-bond donors (Lipinski definition) is 1. The Morgan fingerprint density at radius 2 is 1.84 bits per heavy atom. The number of non-ortho nitro benzene ring substituents is 1. The van der Waals surface area contributed by atoms with Gasteiger partial charge < -0.3 is 15.0 Å². The van der Waals surface area contributed by atoms with Crippen LogP contribution in [-0.4, -0.2) is 80.2 Å². The monoisotopic (exact) mass is 350 g/mol. The fraction of sp³-hybridized carbons (Fsp3) is 0.588. The first-order valence-electron chi connectivity index (χ1n) is 8.52. The molecule has 0 unspecified atom stereocenters. The quantitative estimate of drug-likeness (QED) is 0.397. The molecule has 0 aliphatic carbocycles. The van der Waals surface area contributed by atoms with E-state index in [1.807, 2.05) is 12.1 Å². The van der Waals surface area contributed by atoms with Crippen LogP contribution in [0.4, 0.5) is 5.69 Å². The summed E-state index contributed by atoms with van der Waals surface area (Å²) in [7, 11) is 1.61. The van der Waals surface area contributed by atoms with Crippen molar-refractivity contribution in [2.45, 2.75) is 6.42 Å². The van der Waals surface area contributed by atoms with Crippen molar-refractivity contribution in [1.82, 2.24) is 15.1 Å². The summed E-state index contributed by atoms with van der Waals surface area (Å²) in [6.45, 7) is 6.03. The van der Waals surface area contributed by atoms with Gasteiger partial charge in [-0.05, 0) is 12.0 Å². The molecule has 25 heavy (non-hydrogen) atoms. The molecule has 1 saturated heterocycles. The minimum atomic E-state index is -0.381. The van der Waals surface area contributed by atoms with Crippen LogP contribution in [0.5, 0.6) is 0 Å². The summed E-state index contributed by atoms with van der Waals surface area (Å²) in [6, 6.07) is 6.74. The Morgan fingerprint density at radius 3 is 2.44 bits per heavy atom. The van der Waals surface area contributed by atoms with Gasteiger partial charge >= 0.3 is 0 Å². The van der Waals surface area contributed by atoms with Gasteiger partial charge in [0.1, 0.15) is 0 Å². The number of carbonyl (C=O) groups excluding carboxylic acids is 1. The van der Waals surface area contributed by atoms with Crippen LogP contribution in [0.1, 0.15) is 5.56 Å². The topological polar surface area (TPSA) is 88.0 Å². The Kier molecular flexibility index (Phi) is 7.77. The van der Waals surface area contributed by atoms with Crippen molar-refractivity contribution < 1.29 is 14.5 Å². The molecule has 0 bridgehead atoms. The average molecular weight is 350 g/mol. The zero-order valence-electron chi connectivity index (χ0n) is 14.6. The third kappa shape index (κ3) is 6.77. The van der Waals surface area contributed by atoms with Crippen molar-refractivity contribution in [3.8, 4) is 0 Å². The zero-order valence-corrected chi connectivity index (χ0v) is 14.6. The number of benzene rings is 1. The molecule has 8 heteroatoms. The second-order valence-electron chi connectivity index (χ2n) is 6.13. The second kappa shape index (κ2) is 10.1. The van der Waals surface area contributed by atoms with Crippen molar-refractivity contribution in [2.75, 3.05) is 59.5 Å². The molecule has 8 nitrogen and oxygen atoms in total. The molecule has 1 heterocycles. The van der Waals surface area contributed by atoms with Gasteiger partial charge in [0, 0.05) is 58.5 Å². The van der Waals surface area contributed by atoms with Crippen LogP contribution in [0.3, 0.4) is 0 Å². The average Bonchev–Trinajstić information content (AvgIpc) is 2.62. The number of amides is 1. The number of piperazine rings is 1. The van der Waals surface area contributed by atoms with Crippen molar-refractivity contribution in [1.29, 1.82) is 0 Å². The molecule has 1 aliphatic rings. The van der Waals surface area contributed by atoms with Crippen molar-refractivity contribution >= 4 is 11.6 Å². The number of nitrogens with one attached hydrogen (secondary N) is 1. The lowest BCUT2D eigenvalue weighted by Gasteiger charge is -2.34. The minimum absolute atomic E-state index is 0.0383. The number of nitro groups is 1. The van der Waals surface area contributed by atoms with E-state index < -0.39 is 0 Å². The Balaban J connectivity index is 1.65. The van der Waals surface area contributed by atoms with E-state index in [0.29, 0.717) is 19.7 Å². The number of nitrogens with zero attached hydrogens (tertiary/aromatic N) is 3. The van der Waals surface area contributed by atoms with E-state index >= 15 is 0 Å². The minimum Gasteiger partial charge on any atom is -0.383 e. The summed E-state index contributed by atoms with van der Waals surface area (Å²) >= 11 is 0. The largest absolute Gasteiger partial charge is 0.383 e. The highest BCUT2D eigenvalue weighted by molar-refractivity contribution is 5.77. The maximum absolute atomic E-state index is 11.8. The van der Waals surface area contributed by atoms with Gasteiger partial charge in [0.15, 0.2) is 0 Å². The highest BCUT2D eigenvalue weighted by Gasteiger charge is 2.18. The van der Waals surface area contributed by atoms with E-state index in [1.165, 1.54) is 0 Å². The standard InChI is InChI=1S/C17H26N4O4/c1-25-13-7-18-17(22)14-20-11-9-19(10-12-20)8-6-15-2-4-16(5-3-15)21(23)24/h2-5H,6-14H2,1H3,(H,18,22). The normalized spacial score (nSPS) is 15.9. The molecule has 0 aromatic heterocycles. The van der Waals surface area contributed by atoms with Gasteiger partial charge in [-0.15, -0.1) is 0 Å². The van der Waals surface area contributed by atoms with E-state index in [9.17, 15) is 14.9 Å². The zero-order chi connectivity index (χ0) is 18.1. The first kappa shape index (κ1) is 19.3. The van der Waals surface area contributed by atoms with Crippen molar-refractivity contribution in [3.05, 3.63) is 39.9 Å². The van der Waals surface area contributed by atoms with Crippen LogP contribution < -0.4 is 5.32 Å². The van der Waals surface area contributed by atoms with Gasteiger partial charge in [0.25, 0.3) is 5.69 Å².